The van der Waals surface area contributed by atoms with E-state index in [0.29, 0.717) is 0 Å². The number of carbonyl (C=O) groups is 1. The van der Waals surface area contributed by atoms with Gasteiger partial charge in [0.2, 0.25) is 6.43 Å². The third kappa shape index (κ3) is 3.17. The van der Waals surface area contributed by atoms with E-state index in [1.807, 2.05) is 0 Å². The largest absolute Gasteiger partial charge is 0.481 e. The highest BCUT2D eigenvalue weighted by molar-refractivity contribution is 6.31. The van der Waals surface area contributed by atoms with Gasteiger partial charge in [-0.3, -0.25) is 4.79 Å². The highest BCUT2D eigenvalue weighted by Gasteiger charge is 2.27. The fourth-order valence-electron chi connectivity index (χ4n) is 1.47. The highest BCUT2D eigenvalue weighted by atomic mass is 35.5. The molecule has 0 radical (unpaired) electrons. The van der Waals surface area contributed by atoms with Crippen LogP contribution in [0.2, 0.25) is 5.02 Å². The normalized spacial score (nSPS) is 12.8. The topological polar surface area (TPSA) is 37.3 Å². The monoisotopic (exact) mass is 248 g/mol. The molecule has 0 aromatic heterocycles. The summed E-state index contributed by atoms with van der Waals surface area (Å²) in [6.07, 6.45) is -3.36. The molecule has 0 amide bonds. The predicted octanol–water partition coefficient (Wildman–Crippen LogP) is 3.47. The number of carboxylic acids is 1. The molecule has 0 fully saturated rings. The maximum atomic E-state index is 12.7. The van der Waals surface area contributed by atoms with Crippen LogP contribution in [0.15, 0.2) is 18.2 Å². The molecule has 0 spiro atoms. The van der Waals surface area contributed by atoms with E-state index in [4.69, 9.17) is 16.7 Å². The Balaban J connectivity index is 3.09. The van der Waals surface area contributed by atoms with Crippen LogP contribution in [0, 0.1) is 6.92 Å². The highest BCUT2D eigenvalue weighted by Crippen LogP contribution is 2.32. The van der Waals surface area contributed by atoms with Crippen molar-refractivity contribution in [2.24, 2.45) is 0 Å². The van der Waals surface area contributed by atoms with Gasteiger partial charge in [-0.05, 0) is 18.6 Å². The van der Waals surface area contributed by atoms with Crippen LogP contribution in [0.25, 0.3) is 0 Å². The van der Waals surface area contributed by atoms with Crippen molar-refractivity contribution in [1.82, 2.24) is 0 Å². The van der Waals surface area contributed by atoms with Gasteiger partial charge in [0.15, 0.2) is 0 Å². The molecule has 2 nitrogen and oxygen atoms in total. The lowest BCUT2D eigenvalue weighted by Gasteiger charge is -2.16. The fraction of sp³-hybridized carbons (Fsp3) is 0.364. The fourth-order valence-corrected chi connectivity index (χ4v) is 1.73. The first-order chi connectivity index (χ1) is 7.41. The summed E-state index contributed by atoms with van der Waals surface area (Å²) in [5.74, 6) is -2.62. The summed E-state index contributed by atoms with van der Waals surface area (Å²) >= 11 is 5.79. The first-order valence-corrected chi connectivity index (χ1v) is 5.05. The van der Waals surface area contributed by atoms with Gasteiger partial charge in [0.05, 0.1) is 12.3 Å². The van der Waals surface area contributed by atoms with E-state index in [0.717, 1.165) is 5.56 Å². The molecule has 0 saturated heterocycles. The Labute approximate surface area is 96.8 Å². The Bertz CT molecular complexity index is 394. The summed E-state index contributed by atoms with van der Waals surface area (Å²) in [6.45, 7) is 1.74. The van der Waals surface area contributed by atoms with Crippen LogP contribution in [0.3, 0.4) is 0 Å². The molecule has 0 saturated carbocycles. The van der Waals surface area contributed by atoms with Gasteiger partial charge >= 0.3 is 5.97 Å². The Morgan fingerprint density at radius 3 is 2.62 bits per heavy atom. The van der Waals surface area contributed by atoms with Gasteiger partial charge in [0.1, 0.15) is 0 Å². The lowest BCUT2D eigenvalue weighted by molar-refractivity contribution is -0.138. The quantitative estimate of drug-likeness (QED) is 0.886. The molecule has 5 heteroatoms. The number of hydrogen-bond acceptors (Lipinski definition) is 1. The molecule has 1 N–H and O–H groups in total. The van der Waals surface area contributed by atoms with Crippen molar-refractivity contribution in [2.45, 2.75) is 25.7 Å². The molecule has 0 aliphatic carbocycles. The summed E-state index contributed by atoms with van der Waals surface area (Å²) in [5.41, 5.74) is 0.967. The molecular formula is C11H11ClF2O2. The molecule has 1 rings (SSSR count). The Kier molecular flexibility index (Phi) is 4.24. The first kappa shape index (κ1) is 12.9. The molecule has 16 heavy (non-hydrogen) atoms. The molecule has 0 bridgehead atoms. The zero-order chi connectivity index (χ0) is 12.3. The number of aliphatic carboxylic acids is 1. The van der Waals surface area contributed by atoms with E-state index < -0.39 is 24.7 Å². The van der Waals surface area contributed by atoms with Crippen molar-refractivity contribution in [3.8, 4) is 0 Å². The van der Waals surface area contributed by atoms with Crippen molar-refractivity contribution in [3.63, 3.8) is 0 Å². The number of alkyl halides is 2. The standard InChI is InChI=1S/C11H11ClF2O2/c1-6-2-3-9(12)7(4-6)8(11(13)14)5-10(15)16/h2-4,8,11H,5H2,1H3,(H,15,16). The lowest BCUT2D eigenvalue weighted by Crippen LogP contribution is -2.14. The lowest BCUT2D eigenvalue weighted by atomic mass is 9.95. The van der Waals surface area contributed by atoms with E-state index in [-0.39, 0.29) is 10.6 Å². The van der Waals surface area contributed by atoms with Crippen LogP contribution >= 0.6 is 11.6 Å². The number of rotatable bonds is 4. The zero-order valence-corrected chi connectivity index (χ0v) is 9.34. The van der Waals surface area contributed by atoms with Gasteiger partial charge in [-0.2, -0.15) is 0 Å². The Hall–Kier alpha value is -1.16. The molecule has 1 unspecified atom stereocenters. The average molecular weight is 249 g/mol. The van der Waals surface area contributed by atoms with Crippen LogP contribution in [0.4, 0.5) is 8.78 Å². The van der Waals surface area contributed by atoms with E-state index >= 15 is 0 Å². The SMILES string of the molecule is Cc1ccc(Cl)c(C(CC(=O)O)C(F)F)c1. The van der Waals surface area contributed by atoms with Crippen molar-refractivity contribution >= 4 is 17.6 Å². The molecule has 1 aromatic carbocycles. The minimum atomic E-state index is -2.74. The van der Waals surface area contributed by atoms with Crippen LogP contribution in [-0.4, -0.2) is 17.5 Å². The van der Waals surface area contributed by atoms with Crippen molar-refractivity contribution in [2.75, 3.05) is 0 Å². The van der Waals surface area contributed by atoms with E-state index in [9.17, 15) is 13.6 Å². The Morgan fingerprint density at radius 1 is 1.50 bits per heavy atom. The molecule has 88 valence electrons. The third-order valence-corrected chi connectivity index (χ3v) is 2.59. The summed E-state index contributed by atoms with van der Waals surface area (Å²) < 4.78 is 25.5. The molecule has 0 heterocycles. The van der Waals surface area contributed by atoms with Gasteiger partial charge in [0, 0.05) is 5.02 Å². The minimum Gasteiger partial charge on any atom is -0.481 e. The maximum Gasteiger partial charge on any atom is 0.304 e. The first-order valence-electron chi connectivity index (χ1n) is 4.67. The number of carboxylic acid groups (broad SMARTS) is 1. The summed E-state index contributed by atoms with van der Waals surface area (Å²) in [7, 11) is 0. The second-order valence-corrected chi connectivity index (χ2v) is 3.97. The van der Waals surface area contributed by atoms with E-state index in [2.05, 4.69) is 0 Å². The van der Waals surface area contributed by atoms with Gasteiger partial charge in [-0.1, -0.05) is 29.3 Å². The average Bonchev–Trinajstić information content (AvgIpc) is 2.18. The minimum absolute atomic E-state index is 0.178. The Morgan fingerprint density at radius 2 is 2.12 bits per heavy atom. The van der Waals surface area contributed by atoms with Crippen molar-refractivity contribution in [3.05, 3.63) is 34.3 Å². The second kappa shape index (κ2) is 5.25. The molecule has 0 aliphatic heterocycles. The van der Waals surface area contributed by atoms with Gasteiger partial charge in [-0.15, -0.1) is 0 Å². The third-order valence-electron chi connectivity index (χ3n) is 2.25. The van der Waals surface area contributed by atoms with E-state index in [1.165, 1.54) is 12.1 Å². The predicted molar refractivity (Wildman–Crippen MR) is 57.2 cm³/mol. The smallest absolute Gasteiger partial charge is 0.304 e. The molecule has 1 aromatic rings. The van der Waals surface area contributed by atoms with Crippen LogP contribution in [-0.2, 0) is 4.79 Å². The van der Waals surface area contributed by atoms with Gasteiger partial charge < -0.3 is 5.11 Å². The van der Waals surface area contributed by atoms with E-state index in [1.54, 1.807) is 13.0 Å². The van der Waals surface area contributed by atoms with Crippen molar-refractivity contribution < 1.29 is 18.7 Å². The summed E-state index contributed by atoms with van der Waals surface area (Å²) in [5, 5.41) is 8.76. The molecular weight excluding hydrogens is 238 g/mol. The van der Waals surface area contributed by atoms with Crippen LogP contribution < -0.4 is 0 Å². The number of benzene rings is 1. The number of halogens is 3. The number of aryl methyl sites for hydroxylation is 1. The maximum absolute atomic E-state index is 12.7. The molecule has 0 aliphatic rings. The summed E-state index contributed by atoms with van der Waals surface area (Å²) in [4.78, 5) is 10.5. The van der Waals surface area contributed by atoms with Crippen LogP contribution in [0.5, 0.6) is 0 Å². The molecule has 1 atom stereocenters. The van der Waals surface area contributed by atoms with Crippen molar-refractivity contribution in [1.29, 1.82) is 0 Å². The summed E-state index contributed by atoms with van der Waals surface area (Å²) in [6, 6.07) is 4.70. The van der Waals surface area contributed by atoms with Crippen LogP contribution in [0.1, 0.15) is 23.5 Å². The second-order valence-electron chi connectivity index (χ2n) is 3.56. The zero-order valence-electron chi connectivity index (χ0n) is 8.58. The van der Waals surface area contributed by atoms with Gasteiger partial charge in [-0.25, -0.2) is 8.78 Å². The van der Waals surface area contributed by atoms with Gasteiger partial charge in [0.25, 0.3) is 0 Å². The number of hydrogen-bond donors (Lipinski definition) is 1.